The summed E-state index contributed by atoms with van der Waals surface area (Å²) in [5.41, 5.74) is 1.54. The number of carbonyl (C=O) groups excluding carboxylic acids is 1. The van der Waals surface area contributed by atoms with E-state index < -0.39 is 0 Å². The van der Waals surface area contributed by atoms with Crippen molar-refractivity contribution in [1.29, 1.82) is 0 Å². The minimum atomic E-state index is -0.138. The molecule has 1 fully saturated rings. The summed E-state index contributed by atoms with van der Waals surface area (Å²) in [5.74, 6) is 1.30. The van der Waals surface area contributed by atoms with Crippen LogP contribution >= 0.6 is 11.3 Å². The third-order valence-corrected chi connectivity index (χ3v) is 4.85. The van der Waals surface area contributed by atoms with Gasteiger partial charge in [-0.1, -0.05) is 0 Å². The van der Waals surface area contributed by atoms with Gasteiger partial charge in [-0.25, -0.2) is 4.79 Å². The molecule has 1 aromatic heterocycles. The molecule has 2 heterocycles. The van der Waals surface area contributed by atoms with Crippen molar-refractivity contribution >= 4 is 17.4 Å². The summed E-state index contributed by atoms with van der Waals surface area (Å²) in [7, 11) is 0. The van der Waals surface area contributed by atoms with E-state index in [-0.39, 0.29) is 6.09 Å². The highest BCUT2D eigenvalue weighted by Gasteiger charge is 2.38. The lowest BCUT2D eigenvalue weighted by Crippen LogP contribution is -2.42. The lowest BCUT2D eigenvalue weighted by Gasteiger charge is -2.34. The van der Waals surface area contributed by atoms with E-state index in [2.05, 4.69) is 11.4 Å². The Hall–Kier alpha value is -1.03. The first-order valence-electron chi connectivity index (χ1n) is 6.27. The zero-order valence-corrected chi connectivity index (χ0v) is 10.8. The summed E-state index contributed by atoms with van der Waals surface area (Å²) in [5, 5.41) is 2.19. The summed E-state index contributed by atoms with van der Waals surface area (Å²) in [6.07, 6.45) is 2.10. The van der Waals surface area contributed by atoms with Gasteiger partial charge >= 0.3 is 6.09 Å². The minimum absolute atomic E-state index is 0.138. The molecule has 0 N–H and O–H groups in total. The first kappa shape index (κ1) is 11.1. The largest absolute Gasteiger partial charge is 0.450 e. The van der Waals surface area contributed by atoms with Gasteiger partial charge in [0, 0.05) is 18.0 Å². The van der Waals surface area contributed by atoms with Crippen LogP contribution in [0.2, 0.25) is 0 Å². The fourth-order valence-corrected chi connectivity index (χ4v) is 4.16. The predicted molar refractivity (Wildman–Crippen MR) is 67.5 cm³/mol. The maximum Gasteiger partial charge on any atom is 0.409 e. The third kappa shape index (κ3) is 1.84. The molecule has 0 aromatic carbocycles. The Bertz CT molecular complexity index is 429. The Morgan fingerprint density at radius 2 is 2.53 bits per heavy atom. The number of likely N-dealkylation sites (tertiary alicyclic amines) is 1. The second-order valence-electron chi connectivity index (χ2n) is 4.80. The van der Waals surface area contributed by atoms with Crippen LogP contribution in [0.4, 0.5) is 4.79 Å². The van der Waals surface area contributed by atoms with E-state index in [1.807, 2.05) is 23.2 Å². The number of fused-ring (bicyclic) bond motifs is 3. The molecular formula is C13H17NO2S. The van der Waals surface area contributed by atoms with E-state index in [4.69, 9.17) is 4.74 Å². The number of piperidine rings is 1. The van der Waals surface area contributed by atoms with Crippen LogP contribution in [0.25, 0.3) is 0 Å². The predicted octanol–water partition coefficient (Wildman–Crippen LogP) is 2.87. The van der Waals surface area contributed by atoms with Gasteiger partial charge in [-0.05, 0) is 48.6 Å². The van der Waals surface area contributed by atoms with Gasteiger partial charge in [0.05, 0.1) is 6.61 Å². The van der Waals surface area contributed by atoms with Crippen molar-refractivity contribution in [2.24, 2.45) is 5.92 Å². The van der Waals surface area contributed by atoms with Crippen LogP contribution in [0.15, 0.2) is 11.4 Å². The van der Waals surface area contributed by atoms with E-state index in [0.717, 1.165) is 25.9 Å². The van der Waals surface area contributed by atoms with Crippen LogP contribution in [0.3, 0.4) is 0 Å². The standard InChI is InChI=1S/C13H17NO2S/c1-2-16-13(15)14-5-3-10-9(8-14)7-12-11(10)4-6-17-12/h4,6,9-10H,2-3,5,7-8H2,1H3. The molecule has 3 nitrogen and oxygen atoms in total. The van der Waals surface area contributed by atoms with Crippen molar-refractivity contribution in [3.63, 3.8) is 0 Å². The van der Waals surface area contributed by atoms with Crippen molar-refractivity contribution in [2.75, 3.05) is 19.7 Å². The molecule has 2 aliphatic rings. The molecule has 0 saturated carbocycles. The number of amides is 1. The number of ether oxygens (including phenoxy) is 1. The Morgan fingerprint density at radius 1 is 1.65 bits per heavy atom. The Kier molecular flexibility index (Phi) is 2.82. The normalized spacial score (nSPS) is 26.5. The highest BCUT2D eigenvalue weighted by Crippen LogP contribution is 2.45. The maximum atomic E-state index is 11.7. The molecule has 1 amide bonds. The van der Waals surface area contributed by atoms with Crippen molar-refractivity contribution in [2.45, 2.75) is 25.7 Å². The van der Waals surface area contributed by atoms with E-state index in [1.165, 1.54) is 4.88 Å². The van der Waals surface area contributed by atoms with E-state index >= 15 is 0 Å². The van der Waals surface area contributed by atoms with E-state index in [0.29, 0.717) is 18.4 Å². The second-order valence-corrected chi connectivity index (χ2v) is 5.80. The molecule has 17 heavy (non-hydrogen) atoms. The number of nitrogens with zero attached hydrogens (tertiary/aromatic N) is 1. The van der Waals surface area contributed by atoms with E-state index in [9.17, 15) is 4.79 Å². The van der Waals surface area contributed by atoms with Gasteiger partial charge in [0.25, 0.3) is 0 Å². The quantitative estimate of drug-likeness (QED) is 0.768. The van der Waals surface area contributed by atoms with Crippen molar-refractivity contribution in [3.05, 3.63) is 21.9 Å². The molecular weight excluding hydrogens is 234 g/mol. The Labute approximate surface area is 105 Å². The molecule has 4 heteroatoms. The smallest absolute Gasteiger partial charge is 0.409 e. The van der Waals surface area contributed by atoms with E-state index in [1.54, 1.807) is 5.56 Å². The number of hydrogen-bond acceptors (Lipinski definition) is 3. The van der Waals surface area contributed by atoms with Crippen LogP contribution in [0.5, 0.6) is 0 Å². The van der Waals surface area contributed by atoms with Crippen LogP contribution in [0.1, 0.15) is 29.7 Å². The number of thiophene rings is 1. The number of rotatable bonds is 1. The molecule has 1 saturated heterocycles. The first-order chi connectivity index (χ1) is 8.29. The minimum Gasteiger partial charge on any atom is -0.450 e. The molecule has 0 radical (unpaired) electrons. The van der Waals surface area contributed by atoms with Crippen LogP contribution < -0.4 is 0 Å². The van der Waals surface area contributed by atoms with Gasteiger partial charge in [0.1, 0.15) is 0 Å². The topological polar surface area (TPSA) is 29.5 Å². The van der Waals surface area contributed by atoms with Gasteiger partial charge in [-0.2, -0.15) is 0 Å². The first-order valence-corrected chi connectivity index (χ1v) is 7.15. The molecule has 2 atom stereocenters. The number of hydrogen-bond donors (Lipinski definition) is 0. The summed E-state index contributed by atoms with van der Waals surface area (Å²) in [4.78, 5) is 15.1. The SMILES string of the molecule is CCOC(=O)N1CCC2c3ccsc3CC2C1. The summed E-state index contributed by atoms with van der Waals surface area (Å²) >= 11 is 1.86. The highest BCUT2D eigenvalue weighted by atomic mass is 32.1. The zero-order chi connectivity index (χ0) is 11.8. The lowest BCUT2D eigenvalue weighted by atomic mass is 9.86. The molecule has 0 spiro atoms. The summed E-state index contributed by atoms with van der Waals surface area (Å²) in [6, 6.07) is 2.27. The molecule has 1 aliphatic heterocycles. The summed E-state index contributed by atoms with van der Waals surface area (Å²) in [6.45, 7) is 4.04. The molecule has 92 valence electrons. The highest BCUT2D eigenvalue weighted by molar-refractivity contribution is 7.10. The average molecular weight is 251 g/mol. The van der Waals surface area contributed by atoms with Gasteiger partial charge in [0.15, 0.2) is 0 Å². The second kappa shape index (κ2) is 4.33. The zero-order valence-electron chi connectivity index (χ0n) is 10.0. The molecule has 3 rings (SSSR count). The Morgan fingerprint density at radius 3 is 3.35 bits per heavy atom. The van der Waals surface area contributed by atoms with Crippen molar-refractivity contribution < 1.29 is 9.53 Å². The Balaban J connectivity index is 1.69. The fourth-order valence-electron chi connectivity index (χ4n) is 3.11. The molecule has 1 aliphatic carbocycles. The average Bonchev–Trinajstić information content (AvgIpc) is 2.88. The van der Waals surface area contributed by atoms with Gasteiger partial charge in [-0.3, -0.25) is 0 Å². The van der Waals surface area contributed by atoms with Gasteiger partial charge in [0.2, 0.25) is 0 Å². The maximum absolute atomic E-state index is 11.7. The van der Waals surface area contributed by atoms with Crippen LogP contribution in [-0.2, 0) is 11.2 Å². The monoisotopic (exact) mass is 251 g/mol. The van der Waals surface area contributed by atoms with Crippen LogP contribution in [0, 0.1) is 5.92 Å². The third-order valence-electron chi connectivity index (χ3n) is 3.89. The fraction of sp³-hybridized carbons (Fsp3) is 0.615. The lowest BCUT2D eigenvalue weighted by molar-refractivity contribution is 0.0854. The van der Waals surface area contributed by atoms with Crippen LogP contribution in [-0.4, -0.2) is 30.7 Å². The molecule has 0 bridgehead atoms. The number of carbonyl (C=O) groups is 1. The molecule has 2 unspecified atom stereocenters. The van der Waals surface area contributed by atoms with Crippen molar-refractivity contribution in [3.8, 4) is 0 Å². The van der Waals surface area contributed by atoms with Gasteiger partial charge < -0.3 is 9.64 Å². The van der Waals surface area contributed by atoms with Gasteiger partial charge in [-0.15, -0.1) is 11.3 Å². The molecule has 1 aromatic rings. The van der Waals surface area contributed by atoms with Crippen molar-refractivity contribution in [1.82, 2.24) is 4.90 Å². The summed E-state index contributed by atoms with van der Waals surface area (Å²) < 4.78 is 5.08.